The summed E-state index contributed by atoms with van der Waals surface area (Å²) in [5.41, 5.74) is 1.25. The lowest BCUT2D eigenvalue weighted by Gasteiger charge is -2.42. The number of rotatable bonds is 3. The number of hydrogen-bond acceptors (Lipinski definition) is 5. The van der Waals surface area contributed by atoms with Crippen molar-refractivity contribution in [2.24, 2.45) is 0 Å². The summed E-state index contributed by atoms with van der Waals surface area (Å²) in [7, 11) is 1.62. The molecule has 0 bridgehead atoms. The molecule has 0 amide bonds. The highest BCUT2D eigenvalue weighted by Gasteiger charge is 2.26. The molecule has 22 heavy (non-hydrogen) atoms. The zero-order chi connectivity index (χ0) is 15.5. The van der Waals surface area contributed by atoms with Gasteiger partial charge in [-0.15, -0.1) is 0 Å². The number of methoxy groups -OCH3 is 1. The Morgan fingerprint density at radius 3 is 2.68 bits per heavy atom. The van der Waals surface area contributed by atoms with Crippen molar-refractivity contribution in [3.8, 4) is 5.75 Å². The van der Waals surface area contributed by atoms with Crippen LogP contribution in [-0.4, -0.2) is 42.8 Å². The summed E-state index contributed by atoms with van der Waals surface area (Å²) in [6.07, 6.45) is 1.62. The molecule has 0 aliphatic carbocycles. The van der Waals surface area contributed by atoms with E-state index in [9.17, 15) is 0 Å². The van der Waals surface area contributed by atoms with E-state index < -0.39 is 0 Å². The van der Waals surface area contributed by atoms with Crippen molar-refractivity contribution in [1.29, 1.82) is 0 Å². The second-order valence-electron chi connectivity index (χ2n) is 5.35. The number of ether oxygens (including phenoxy) is 1. The van der Waals surface area contributed by atoms with Crippen LogP contribution in [0.2, 0.25) is 5.28 Å². The maximum Gasteiger partial charge on any atom is 0.224 e. The highest BCUT2D eigenvalue weighted by molar-refractivity contribution is 6.28. The minimum atomic E-state index is 0.244. The molecule has 0 saturated carbocycles. The summed E-state index contributed by atoms with van der Waals surface area (Å²) in [6.45, 7) is 4.87. The molecular weight excluding hydrogens is 300 g/mol. The number of benzene rings is 1. The summed E-state index contributed by atoms with van der Waals surface area (Å²) in [6, 6.07) is 10.8. The molecule has 1 aromatic carbocycles. The quantitative estimate of drug-likeness (QED) is 0.814. The first-order valence-electron chi connectivity index (χ1n) is 7.32. The van der Waals surface area contributed by atoms with Gasteiger partial charge in [-0.3, -0.25) is 0 Å². The van der Waals surface area contributed by atoms with Crippen molar-refractivity contribution in [2.75, 3.05) is 36.5 Å². The first-order chi connectivity index (χ1) is 10.7. The number of piperazine rings is 1. The summed E-state index contributed by atoms with van der Waals surface area (Å²) in [5, 5.41) is 0.244. The molecule has 1 aromatic heterocycles. The van der Waals surface area contributed by atoms with E-state index in [0.29, 0.717) is 11.8 Å². The van der Waals surface area contributed by atoms with Crippen LogP contribution in [0.1, 0.15) is 6.92 Å². The Balaban J connectivity index is 1.79. The van der Waals surface area contributed by atoms with E-state index in [0.717, 1.165) is 25.5 Å². The molecule has 1 aliphatic heterocycles. The molecule has 2 heterocycles. The van der Waals surface area contributed by atoms with E-state index in [4.69, 9.17) is 16.3 Å². The topological polar surface area (TPSA) is 41.5 Å². The minimum absolute atomic E-state index is 0.244. The van der Waals surface area contributed by atoms with Gasteiger partial charge < -0.3 is 14.5 Å². The van der Waals surface area contributed by atoms with Crippen LogP contribution < -0.4 is 14.5 Å². The molecule has 1 unspecified atom stereocenters. The molecule has 3 rings (SSSR count). The van der Waals surface area contributed by atoms with E-state index in [2.05, 4.69) is 51.0 Å². The van der Waals surface area contributed by atoms with E-state index in [-0.39, 0.29) is 5.28 Å². The van der Waals surface area contributed by atoms with E-state index >= 15 is 0 Å². The van der Waals surface area contributed by atoms with Crippen LogP contribution >= 0.6 is 11.6 Å². The average molecular weight is 319 g/mol. The van der Waals surface area contributed by atoms with Crippen LogP contribution in [-0.2, 0) is 0 Å². The first-order valence-corrected chi connectivity index (χ1v) is 7.70. The van der Waals surface area contributed by atoms with Crippen LogP contribution in [0.5, 0.6) is 5.75 Å². The van der Waals surface area contributed by atoms with Gasteiger partial charge in [0.1, 0.15) is 0 Å². The third-order valence-corrected chi connectivity index (χ3v) is 4.12. The molecule has 1 saturated heterocycles. The SMILES string of the molecule is COc1cnc(Cl)nc1N1CCN(c2ccccc2)C(C)C1. The van der Waals surface area contributed by atoms with Crippen molar-refractivity contribution < 1.29 is 4.74 Å². The zero-order valence-electron chi connectivity index (χ0n) is 12.7. The van der Waals surface area contributed by atoms with Gasteiger partial charge in [0, 0.05) is 31.4 Å². The normalized spacial score (nSPS) is 18.4. The lowest BCUT2D eigenvalue weighted by molar-refractivity contribution is 0.408. The lowest BCUT2D eigenvalue weighted by Crippen LogP contribution is -2.52. The van der Waals surface area contributed by atoms with Gasteiger partial charge in [0.2, 0.25) is 5.28 Å². The predicted molar refractivity (Wildman–Crippen MR) is 89.1 cm³/mol. The molecule has 116 valence electrons. The minimum Gasteiger partial charge on any atom is -0.491 e. The van der Waals surface area contributed by atoms with Gasteiger partial charge in [-0.25, -0.2) is 4.98 Å². The molecule has 5 nitrogen and oxygen atoms in total. The molecular formula is C16H19ClN4O. The Morgan fingerprint density at radius 2 is 2.00 bits per heavy atom. The van der Waals surface area contributed by atoms with E-state index in [1.807, 2.05) is 6.07 Å². The van der Waals surface area contributed by atoms with Crippen molar-refractivity contribution in [2.45, 2.75) is 13.0 Å². The molecule has 0 radical (unpaired) electrons. The van der Waals surface area contributed by atoms with Crippen LogP contribution in [0.4, 0.5) is 11.5 Å². The van der Waals surface area contributed by atoms with Crippen LogP contribution in [0.25, 0.3) is 0 Å². The van der Waals surface area contributed by atoms with Crippen molar-refractivity contribution in [3.63, 3.8) is 0 Å². The number of hydrogen-bond donors (Lipinski definition) is 0. The average Bonchev–Trinajstić information content (AvgIpc) is 2.55. The Labute approximate surface area is 135 Å². The monoisotopic (exact) mass is 318 g/mol. The standard InChI is InChI=1S/C16H19ClN4O/c1-12-11-20(15-14(22-2)10-18-16(17)19-15)8-9-21(12)13-6-4-3-5-7-13/h3-7,10,12H,8-9,11H2,1-2H3. The summed E-state index contributed by atoms with van der Waals surface area (Å²) in [5.74, 6) is 1.42. The fourth-order valence-corrected chi connectivity index (χ4v) is 2.99. The first kappa shape index (κ1) is 14.9. The molecule has 1 aliphatic rings. The Hall–Kier alpha value is -2.01. The van der Waals surface area contributed by atoms with Gasteiger partial charge in [-0.2, -0.15) is 4.98 Å². The second-order valence-corrected chi connectivity index (χ2v) is 5.69. The van der Waals surface area contributed by atoms with Crippen LogP contribution in [0.3, 0.4) is 0 Å². The zero-order valence-corrected chi connectivity index (χ0v) is 13.5. The van der Waals surface area contributed by atoms with E-state index in [1.165, 1.54) is 5.69 Å². The number of aromatic nitrogens is 2. The van der Waals surface area contributed by atoms with Crippen molar-refractivity contribution in [3.05, 3.63) is 41.8 Å². The lowest BCUT2D eigenvalue weighted by atomic mass is 10.1. The molecule has 0 N–H and O–H groups in total. The maximum absolute atomic E-state index is 5.94. The van der Waals surface area contributed by atoms with E-state index in [1.54, 1.807) is 13.3 Å². The number of anilines is 2. The van der Waals surface area contributed by atoms with Crippen LogP contribution in [0.15, 0.2) is 36.5 Å². The number of nitrogens with zero attached hydrogens (tertiary/aromatic N) is 4. The third kappa shape index (κ3) is 2.95. The smallest absolute Gasteiger partial charge is 0.224 e. The van der Waals surface area contributed by atoms with Gasteiger partial charge in [-0.05, 0) is 30.7 Å². The Bertz CT molecular complexity index is 637. The molecule has 1 atom stereocenters. The van der Waals surface area contributed by atoms with Gasteiger partial charge in [0.15, 0.2) is 11.6 Å². The van der Waals surface area contributed by atoms with Crippen molar-refractivity contribution >= 4 is 23.1 Å². The molecule has 2 aromatic rings. The third-order valence-electron chi connectivity index (χ3n) is 3.94. The van der Waals surface area contributed by atoms with Gasteiger partial charge in [0.25, 0.3) is 0 Å². The van der Waals surface area contributed by atoms with Gasteiger partial charge >= 0.3 is 0 Å². The predicted octanol–water partition coefficient (Wildman–Crippen LogP) is 2.85. The largest absolute Gasteiger partial charge is 0.491 e. The summed E-state index contributed by atoms with van der Waals surface area (Å²) < 4.78 is 5.36. The highest BCUT2D eigenvalue weighted by Crippen LogP contribution is 2.29. The maximum atomic E-state index is 5.94. The Morgan fingerprint density at radius 1 is 1.23 bits per heavy atom. The van der Waals surface area contributed by atoms with Crippen LogP contribution in [0, 0.1) is 0 Å². The number of para-hydroxylation sites is 1. The fraction of sp³-hybridized carbons (Fsp3) is 0.375. The highest BCUT2D eigenvalue weighted by atomic mass is 35.5. The molecule has 6 heteroatoms. The summed E-state index contributed by atoms with van der Waals surface area (Å²) in [4.78, 5) is 12.9. The molecule has 0 spiro atoms. The second kappa shape index (κ2) is 6.40. The molecule has 1 fully saturated rings. The van der Waals surface area contributed by atoms with Crippen molar-refractivity contribution in [1.82, 2.24) is 9.97 Å². The van der Waals surface area contributed by atoms with Gasteiger partial charge in [0.05, 0.1) is 13.3 Å². The van der Waals surface area contributed by atoms with Gasteiger partial charge in [-0.1, -0.05) is 18.2 Å². The summed E-state index contributed by atoms with van der Waals surface area (Å²) >= 11 is 5.94. The fourth-order valence-electron chi connectivity index (χ4n) is 2.86. The number of halogens is 1. The Kier molecular flexibility index (Phi) is 4.34.